The molecule has 20 N–H and O–H groups in total. The maximum atomic E-state index is 14.3. The monoisotopic (exact) mass is 1160 g/mol. The van der Waals surface area contributed by atoms with Crippen LogP contribution in [-0.4, -0.2) is 157 Å². The van der Waals surface area contributed by atoms with Gasteiger partial charge < -0.3 is 81.6 Å². The fourth-order valence-electron chi connectivity index (χ4n) is 8.28. The molecular weight excluding hydrogens is 1070 g/mol. The first-order valence-corrected chi connectivity index (χ1v) is 28.6. The van der Waals surface area contributed by atoms with Crippen molar-refractivity contribution in [3.05, 3.63) is 35.9 Å². The van der Waals surface area contributed by atoms with E-state index in [1.807, 2.05) is 27.7 Å². The molecule has 0 aliphatic heterocycles. The number of carbonyl (C=O) groups is 10. The highest BCUT2D eigenvalue weighted by Gasteiger charge is 2.36. The number of nitrogens with one attached hydrogen (secondary N) is 9. The average molecular weight is 1160 g/mol. The van der Waals surface area contributed by atoms with Gasteiger partial charge >= 0.3 is 5.97 Å². The lowest BCUT2D eigenvalue weighted by atomic mass is 9.98. The Morgan fingerprint density at radius 1 is 0.519 bits per heavy atom. The minimum Gasteiger partial charge on any atom is -0.480 e. The second kappa shape index (κ2) is 39.0. The van der Waals surface area contributed by atoms with Gasteiger partial charge in [-0.25, -0.2) is 4.79 Å². The molecule has 0 spiro atoms. The van der Waals surface area contributed by atoms with E-state index in [1.54, 1.807) is 58.0 Å². The number of hydrogen-bond acceptors (Lipinski definition) is 15. The average Bonchev–Trinajstić information content (AvgIpc) is 3.42. The van der Waals surface area contributed by atoms with Crippen molar-refractivity contribution in [2.45, 2.75) is 180 Å². The summed E-state index contributed by atoms with van der Waals surface area (Å²) in [6.45, 7) is 14.2. The highest BCUT2D eigenvalue weighted by Crippen LogP contribution is 2.14. The molecule has 1 aromatic carbocycles. The van der Waals surface area contributed by atoms with Crippen LogP contribution in [0.5, 0.6) is 0 Å². The minimum absolute atomic E-state index is 0.0216. The van der Waals surface area contributed by atoms with E-state index in [1.165, 1.54) is 0 Å². The third kappa shape index (κ3) is 29.1. The molecule has 0 unspecified atom stereocenters. The molecule has 0 aliphatic rings. The number of amides is 9. The van der Waals surface area contributed by atoms with Crippen molar-refractivity contribution in [3.63, 3.8) is 0 Å². The molecule has 0 radical (unpaired) electrons. The Morgan fingerprint density at radius 3 is 1.47 bits per heavy atom. The molecule has 26 nitrogen and oxygen atoms in total. The number of unbranched alkanes of at least 4 members (excludes halogenated alkanes) is 2. The van der Waals surface area contributed by atoms with E-state index < -0.39 is 132 Å². The van der Waals surface area contributed by atoms with Crippen molar-refractivity contribution in [3.8, 4) is 0 Å². The van der Waals surface area contributed by atoms with E-state index in [0.717, 1.165) is 0 Å². The SMILES string of the molecule is CC(C)C[C@H](NC(=O)[C@@H](NC(=O)[C@H](Cc1ccccc1)NC(=O)[C@H](CC(C)C)NC(=O)[C@@H](NC(=O)[C@H](CCCCN)NC(=O)[C@H](CS)NC(=O)CNC(=O)[C@H](CCCN=C(N)N)NC(=O)[C@@H](N)CCCCN)C(C)C)C(C)C)C(=O)O. The molecule has 0 heterocycles. The van der Waals surface area contributed by atoms with E-state index in [2.05, 4.69) is 65.5 Å². The number of nitrogens with zero attached hydrogens (tertiary/aromatic N) is 1. The summed E-state index contributed by atoms with van der Waals surface area (Å²) in [4.78, 5) is 140. The molecular formula is C54H95N15O11S. The summed E-state index contributed by atoms with van der Waals surface area (Å²) in [7, 11) is 0. The number of thiol groups is 1. The maximum absolute atomic E-state index is 14.3. The number of carboxylic acid groups (broad SMARTS) is 1. The van der Waals surface area contributed by atoms with Crippen LogP contribution in [0.15, 0.2) is 35.3 Å². The summed E-state index contributed by atoms with van der Waals surface area (Å²) in [5, 5.41) is 33.5. The molecule has 0 aromatic heterocycles. The first kappa shape index (κ1) is 72.4. The summed E-state index contributed by atoms with van der Waals surface area (Å²) in [5.41, 5.74) is 28.8. The molecule has 0 saturated carbocycles. The van der Waals surface area contributed by atoms with Crippen molar-refractivity contribution in [1.29, 1.82) is 0 Å². The van der Waals surface area contributed by atoms with Crippen LogP contribution in [-0.2, 0) is 54.4 Å². The largest absolute Gasteiger partial charge is 0.480 e. The van der Waals surface area contributed by atoms with E-state index >= 15 is 0 Å². The van der Waals surface area contributed by atoms with Crippen LogP contribution >= 0.6 is 12.6 Å². The van der Waals surface area contributed by atoms with Crippen molar-refractivity contribution >= 4 is 77.7 Å². The second-order valence-electron chi connectivity index (χ2n) is 21.7. The highest BCUT2D eigenvalue weighted by atomic mass is 32.1. The summed E-state index contributed by atoms with van der Waals surface area (Å²) in [5.74, 6) is -9.52. The van der Waals surface area contributed by atoms with Crippen molar-refractivity contribution in [2.75, 3.05) is 31.9 Å². The summed E-state index contributed by atoms with van der Waals surface area (Å²) >= 11 is 4.26. The number of benzene rings is 1. The van der Waals surface area contributed by atoms with Gasteiger partial charge in [-0.05, 0) is 100 Å². The molecule has 9 amide bonds. The highest BCUT2D eigenvalue weighted by molar-refractivity contribution is 7.80. The van der Waals surface area contributed by atoms with Gasteiger partial charge in [-0.2, -0.15) is 12.6 Å². The van der Waals surface area contributed by atoms with Crippen LogP contribution < -0.4 is 76.5 Å². The number of carbonyl (C=O) groups excluding carboxylic acids is 9. The van der Waals surface area contributed by atoms with Gasteiger partial charge in [0.15, 0.2) is 5.96 Å². The van der Waals surface area contributed by atoms with Gasteiger partial charge in [0, 0.05) is 18.7 Å². The van der Waals surface area contributed by atoms with Gasteiger partial charge in [0.25, 0.3) is 0 Å². The van der Waals surface area contributed by atoms with Crippen LogP contribution in [0, 0.1) is 23.7 Å². The zero-order chi connectivity index (χ0) is 61.4. The fraction of sp³-hybridized carbons (Fsp3) is 0.685. The van der Waals surface area contributed by atoms with Crippen molar-refractivity contribution in [1.82, 2.24) is 47.9 Å². The molecule has 1 rings (SSSR count). The molecule has 0 bridgehead atoms. The van der Waals surface area contributed by atoms with Gasteiger partial charge in [0.1, 0.15) is 48.3 Å². The van der Waals surface area contributed by atoms with E-state index in [9.17, 15) is 53.1 Å². The number of nitrogens with two attached hydrogens (primary N) is 5. The summed E-state index contributed by atoms with van der Waals surface area (Å²) in [6, 6.07) is -1.98. The lowest BCUT2D eigenvalue weighted by Gasteiger charge is -2.30. The topological polar surface area (TPSA) is 442 Å². The Kier molecular flexibility index (Phi) is 34.8. The smallest absolute Gasteiger partial charge is 0.326 e. The second-order valence-corrected chi connectivity index (χ2v) is 22.1. The Bertz CT molecular complexity index is 2200. The Labute approximate surface area is 482 Å². The minimum atomic E-state index is -1.32. The first-order valence-electron chi connectivity index (χ1n) is 27.9. The van der Waals surface area contributed by atoms with Crippen LogP contribution in [0.3, 0.4) is 0 Å². The summed E-state index contributed by atoms with van der Waals surface area (Å²) in [6.07, 6.45) is 3.09. The third-order valence-electron chi connectivity index (χ3n) is 12.8. The van der Waals surface area contributed by atoms with Gasteiger partial charge in [-0.3, -0.25) is 48.1 Å². The Balaban J connectivity index is 3.34. The van der Waals surface area contributed by atoms with Crippen molar-refractivity contribution in [2.24, 2.45) is 57.3 Å². The van der Waals surface area contributed by atoms with E-state index in [4.69, 9.17) is 28.7 Å². The molecule has 0 aliphatic carbocycles. The Hall–Kier alpha value is -6.58. The third-order valence-corrected chi connectivity index (χ3v) is 13.2. The predicted molar refractivity (Wildman–Crippen MR) is 312 cm³/mol. The van der Waals surface area contributed by atoms with Crippen LogP contribution in [0.2, 0.25) is 0 Å². The van der Waals surface area contributed by atoms with Crippen LogP contribution in [0.25, 0.3) is 0 Å². The molecule has 458 valence electrons. The number of guanidine groups is 1. The molecule has 1 aromatic rings. The van der Waals surface area contributed by atoms with Crippen LogP contribution in [0.4, 0.5) is 0 Å². The maximum Gasteiger partial charge on any atom is 0.326 e. The van der Waals surface area contributed by atoms with Crippen molar-refractivity contribution < 1.29 is 53.1 Å². The van der Waals surface area contributed by atoms with Gasteiger partial charge in [0.05, 0.1) is 12.6 Å². The zero-order valence-electron chi connectivity index (χ0n) is 48.5. The number of aliphatic imine (C=N–C) groups is 1. The lowest BCUT2D eigenvalue weighted by molar-refractivity contribution is -0.143. The lowest BCUT2D eigenvalue weighted by Crippen LogP contribution is -2.61. The fourth-order valence-corrected chi connectivity index (χ4v) is 8.54. The number of carboxylic acids is 1. The molecule has 9 atom stereocenters. The van der Waals surface area contributed by atoms with Gasteiger partial charge in [0.2, 0.25) is 53.2 Å². The number of rotatable bonds is 40. The molecule has 27 heteroatoms. The first-order chi connectivity index (χ1) is 38.1. The predicted octanol–water partition coefficient (Wildman–Crippen LogP) is -1.72. The van der Waals surface area contributed by atoms with E-state index in [0.29, 0.717) is 44.2 Å². The molecule has 81 heavy (non-hydrogen) atoms. The standard InChI is InChI=1S/C54H95N15O11S/c1-30(2)25-38(48(74)65-39(27-34-17-10-9-11-18-34)49(75)69-44(33(7)8)52(78)67-40(53(79)80)26-31(3)4)66-51(77)43(32(5)6)68-47(73)37(20-13-15-23-56)64-50(76)41(29-81)62-42(70)28-61-46(72)36(21-16-24-60-54(58)59)63-45(71)35(57)19-12-14-22-55/h9-11,17-18,30-33,35-41,43-44,81H,12-16,19-29,55-57H2,1-8H3,(H,61,72)(H,62,70)(H,63,71)(H,64,76)(H,65,74)(H,66,77)(H,67,78)(H,68,73)(H,69,75)(H,79,80)(H4,58,59,60)/t35-,36-,37-,38-,39-,40-,41-,43-,44-/m0/s1. The van der Waals surface area contributed by atoms with Gasteiger partial charge in [-0.15, -0.1) is 0 Å². The normalized spacial score (nSPS) is 14.6. The Morgan fingerprint density at radius 2 is 0.963 bits per heavy atom. The van der Waals surface area contributed by atoms with E-state index in [-0.39, 0.29) is 75.2 Å². The molecule has 0 fully saturated rings. The van der Waals surface area contributed by atoms with Crippen LogP contribution in [0.1, 0.15) is 125 Å². The summed E-state index contributed by atoms with van der Waals surface area (Å²) < 4.78 is 0. The molecule has 0 saturated heterocycles. The zero-order valence-corrected chi connectivity index (χ0v) is 49.4. The quantitative estimate of drug-likeness (QED) is 0.0150. The number of hydrogen-bond donors (Lipinski definition) is 16. The van der Waals surface area contributed by atoms with Gasteiger partial charge in [-0.1, -0.05) is 92.1 Å². The number of aliphatic carboxylic acids is 1.